The maximum atomic E-state index is 12.8. The number of halogens is 1. The fourth-order valence-corrected chi connectivity index (χ4v) is 4.08. The summed E-state index contributed by atoms with van der Waals surface area (Å²) in [6, 6.07) is 9.84. The number of rotatable bonds is 8. The monoisotopic (exact) mass is 408 g/mol. The SMILES string of the molecule is Cl.NCCCCCCC(=O)N1CCN(C2CCN(c3ccccc3)C2=O)CC1. The second-order valence-electron chi connectivity index (χ2n) is 7.50. The smallest absolute Gasteiger partial charge is 0.244 e. The predicted molar refractivity (Wildman–Crippen MR) is 115 cm³/mol. The summed E-state index contributed by atoms with van der Waals surface area (Å²) < 4.78 is 0. The molecule has 2 aliphatic heterocycles. The Morgan fingerprint density at radius 1 is 0.964 bits per heavy atom. The number of unbranched alkanes of at least 4 members (excludes halogenated alkanes) is 3. The zero-order valence-corrected chi connectivity index (χ0v) is 17.4. The number of nitrogens with zero attached hydrogens (tertiary/aromatic N) is 3. The largest absolute Gasteiger partial charge is 0.340 e. The van der Waals surface area contributed by atoms with E-state index in [9.17, 15) is 9.59 Å². The normalized spacial score (nSPS) is 20.3. The number of hydrogen-bond acceptors (Lipinski definition) is 4. The van der Waals surface area contributed by atoms with Gasteiger partial charge in [-0.15, -0.1) is 12.4 Å². The zero-order valence-electron chi connectivity index (χ0n) is 16.6. The fourth-order valence-electron chi connectivity index (χ4n) is 4.08. The standard InChI is InChI=1S/C21H32N4O2.ClH/c22-12-7-2-1-6-10-20(26)24-16-14-23(15-17-24)19-11-13-25(21(19)27)18-8-4-3-5-9-18;/h3-5,8-9,19H,1-2,6-7,10-17,22H2;1H. The lowest BCUT2D eigenvalue weighted by Crippen LogP contribution is -2.53. The first-order valence-corrected chi connectivity index (χ1v) is 10.3. The van der Waals surface area contributed by atoms with Crippen molar-refractivity contribution in [2.24, 2.45) is 5.73 Å². The highest BCUT2D eigenvalue weighted by molar-refractivity contribution is 5.99. The zero-order chi connectivity index (χ0) is 19.1. The van der Waals surface area contributed by atoms with Crippen LogP contribution in [0.5, 0.6) is 0 Å². The second-order valence-corrected chi connectivity index (χ2v) is 7.50. The van der Waals surface area contributed by atoms with Gasteiger partial charge in [-0.05, 0) is 37.9 Å². The summed E-state index contributed by atoms with van der Waals surface area (Å²) >= 11 is 0. The molecule has 2 fully saturated rings. The van der Waals surface area contributed by atoms with Crippen LogP contribution in [0.4, 0.5) is 5.69 Å². The molecule has 1 aromatic rings. The van der Waals surface area contributed by atoms with E-state index in [1.54, 1.807) is 0 Å². The van der Waals surface area contributed by atoms with Gasteiger partial charge in [0.25, 0.3) is 0 Å². The minimum atomic E-state index is -0.0429. The van der Waals surface area contributed by atoms with Gasteiger partial charge in [-0.1, -0.05) is 31.0 Å². The topological polar surface area (TPSA) is 69.9 Å². The van der Waals surface area contributed by atoms with Gasteiger partial charge in [0.05, 0.1) is 6.04 Å². The highest BCUT2D eigenvalue weighted by atomic mass is 35.5. The summed E-state index contributed by atoms with van der Waals surface area (Å²) in [6.07, 6.45) is 5.68. The summed E-state index contributed by atoms with van der Waals surface area (Å²) in [5.74, 6) is 0.451. The number of para-hydroxylation sites is 1. The van der Waals surface area contributed by atoms with Crippen molar-refractivity contribution in [1.29, 1.82) is 0 Å². The molecule has 2 N–H and O–H groups in total. The molecule has 1 unspecified atom stereocenters. The number of piperazine rings is 1. The number of hydrogen-bond donors (Lipinski definition) is 1. The predicted octanol–water partition coefficient (Wildman–Crippen LogP) is 2.27. The van der Waals surface area contributed by atoms with E-state index in [0.29, 0.717) is 6.42 Å². The molecule has 0 aromatic heterocycles. The van der Waals surface area contributed by atoms with Crippen molar-refractivity contribution in [2.75, 3.05) is 44.2 Å². The Hall–Kier alpha value is -1.63. The molecule has 6 nitrogen and oxygen atoms in total. The lowest BCUT2D eigenvalue weighted by atomic mass is 10.1. The number of amides is 2. The van der Waals surface area contributed by atoms with Crippen molar-refractivity contribution in [3.05, 3.63) is 30.3 Å². The number of carbonyl (C=O) groups excluding carboxylic acids is 2. The van der Waals surface area contributed by atoms with Crippen molar-refractivity contribution >= 4 is 29.9 Å². The second kappa shape index (κ2) is 11.4. The van der Waals surface area contributed by atoms with E-state index >= 15 is 0 Å². The van der Waals surface area contributed by atoms with Crippen molar-refractivity contribution in [3.63, 3.8) is 0 Å². The lowest BCUT2D eigenvalue weighted by molar-refractivity contribution is -0.133. The fraction of sp³-hybridized carbons (Fsp3) is 0.619. The molecule has 0 aliphatic carbocycles. The molecule has 7 heteroatoms. The Labute approximate surface area is 174 Å². The molecule has 2 aliphatic rings. The molecule has 156 valence electrons. The lowest BCUT2D eigenvalue weighted by Gasteiger charge is -2.37. The van der Waals surface area contributed by atoms with Crippen molar-refractivity contribution in [2.45, 2.75) is 44.6 Å². The molecule has 2 saturated heterocycles. The third-order valence-corrected chi connectivity index (χ3v) is 5.70. The Kier molecular flexibility index (Phi) is 9.22. The third-order valence-electron chi connectivity index (χ3n) is 5.70. The van der Waals surface area contributed by atoms with Crippen LogP contribution >= 0.6 is 12.4 Å². The van der Waals surface area contributed by atoms with Crippen molar-refractivity contribution in [3.8, 4) is 0 Å². The summed E-state index contributed by atoms with van der Waals surface area (Å²) in [5.41, 5.74) is 6.48. The third kappa shape index (κ3) is 5.69. The van der Waals surface area contributed by atoms with Gasteiger partial charge in [0.1, 0.15) is 0 Å². The Bertz CT molecular complexity index is 620. The Morgan fingerprint density at radius 2 is 1.64 bits per heavy atom. The van der Waals surface area contributed by atoms with Crippen LogP contribution in [0.25, 0.3) is 0 Å². The van der Waals surface area contributed by atoms with Gasteiger partial charge < -0.3 is 15.5 Å². The molecule has 3 rings (SSSR count). The van der Waals surface area contributed by atoms with E-state index in [0.717, 1.165) is 77.1 Å². The van der Waals surface area contributed by atoms with Crippen molar-refractivity contribution < 1.29 is 9.59 Å². The van der Waals surface area contributed by atoms with Crippen LogP contribution < -0.4 is 10.6 Å². The molecular weight excluding hydrogens is 376 g/mol. The maximum Gasteiger partial charge on any atom is 0.244 e. The highest BCUT2D eigenvalue weighted by Crippen LogP contribution is 2.25. The van der Waals surface area contributed by atoms with E-state index in [1.807, 2.05) is 40.1 Å². The number of benzene rings is 1. The average Bonchev–Trinajstić information content (AvgIpc) is 3.10. The molecule has 0 radical (unpaired) electrons. The van der Waals surface area contributed by atoms with Gasteiger partial charge in [-0.2, -0.15) is 0 Å². The molecule has 1 aromatic carbocycles. The number of anilines is 1. The van der Waals surface area contributed by atoms with Crippen molar-refractivity contribution in [1.82, 2.24) is 9.80 Å². The molecule has 2 heterocycles. The van der Waals surface area contributed by atoms with E-state index in [2.05, 4.69) is 4.90 Å². The molecule has 0 saturated carbocycles. The first-order valence-electron chi connectivity index (χ1n) is 10.3. The number of carbonyl (C=O) groups is 2. The minimum Gasteiger partial charge on any atom is -0.340 e. The minimum absolute atomic E-state index is 0. The van der Waals surface area contributed by atoms with E-state index in [4.69, 9.17) is 5.73 Å². The molecule has 0 spiro atoms. The van der Waals surface area contributed by atoms with Crippen LogP contribution in [0.1, 0.15) is 38.5 Å². The van der Waals surface area contributed by atoms with Crippen LogP contribution in [-0.4, -0.2) is 66.9 Å². The molecule has 2 amide bonds. The number of nitrogens with two attached hydrogens (primary N) is 1. The molecular formula is C21H33ClN4O2. The van der Waals surface area contributed by atoms with Gasteiger partial charge in [-0.3, -0.25) is 14.5 Å². The molecule has 1 atom stereocenters. The Morgan fingerprint density at radius 3 is 2.32 bits per heavy atom. The van der Waals surface area contributed by atoms with Gasteiger partial charge in [0.2, 0.25) is 11.8 Å². The molecule has 0 bridgehead atoms. The quantitative estimate of drug-likeness (QED) is 0.670. The Balaban J connectivity index is 0.00000280. The summed E-state index contributed by atoms with van der Waals surface area (Å²) in [4.78, 5) is 31.3. The summed E-state index contributed by atoms with van der Waals surface area (Å²) in [6.45, 7) is 4.55. The maximum absolute atomic E-state index is 12.8. The highest BCUT2D eigenvalue weighted by Gasteiger charge is 2.38. The van der Waals surface area contributed by atoms with Crippen LogP contribution in [0.2, 0.25) is 0 Å². The van der Waals surface area contributed by atoms with Gasteiger partial charge >= 0.3 is 0 Å². The van der Waals surface area contributed by atoms with Gasteiger partial charge in [0, 0.05) is 44.8 Å². The van der Waals surface area contributed by atoms with Gasteiger partial charge in [0.15, 0.2) is 0 Å². The van der Waals surface area contributed by atoms with Crippen LogP contribution in [-0.2, 0) is 9.59 Å². The first kappa shape index (κ1) is 22.7. The first-order chi connectivity index (χ1) is 13.2. The van der Waals surface area contributed by atoms with Crippen LogP contribution in [0.15, 0.2) is 30.3 Å². The van der Waals surface area contributed by atoms with E-state index in [-0.39, 0.29) is 30.3 Å². The van der Waals surface area contributed by atoms with E-state index < -0.39 is 0 Å². The van der Waals surface area contributed by atoms with Gasteiger partial charge in [-0.25, -0.2) is 0 Å². The van der Waals surface area contributed by atoms with Crippen LogP contribution in [0, 0.1) is 0 Å². The van der Waals surface area contributed by atoms with E-state index in [1.165, 1.54) is 0 Å². The summed E-state index contributed by atoms with van der Waals surface area (Å²) in [5, 5.41) is 0. The molecule has 28 heavy (non-hydrogen) atoms. The van der Waals surface area contributed by atoms with Crippen LogP contribution in [0.3, 0.4) is 0 Å². The summed E-state index contributed by atoms with van der Waals surface area (Å²) in [7, 11) is 0. The average molecular weight is 409 g/mol.